The van der Waals surface area contributed by atoms with Gasteiger partial charge in [-0.15, -0.1) is 0 Å². The SMILES string of the molecule is CC(C)CN1CCOC(CN2C[C@@H]3CCCN[C@@H]3C2)C1. The first-order valence-electron chi connectivity index (χ1n) is 8.50. The number of hydrogen-bond donors (Lipinski definition) is 1. The second kappa shape index (κ2) is 6.73. The molecule has 3 rings (SSSR count). The first kappa shape index (κ1) is 14.8. The van der Waals surface area contributed by atoms with E-state index in [1.807, 2.05) is 0 Å². The summed E-state index contributed by atoms with van der Waals surface area (Å²) < 4.78 is 6.00. The Morgan fingerprint density at radius 2 is 2.10 bits per heavy atom. The number of piperidine rings is 1. The number of nitrogens with zero attached hydrogens (tertiary/aromatic N) is 2. The van der Waals surface area contributed by atoms with Crippen LogP contribution in [-0.2, 0) is 4.74 Å². The highest BCUT2D eigenvalue weighted by Gasteiger charge is 2.35. The lowest BCUT2D eigenvalue weighted by molar-refractivity contribution is -0.0439. The highest BCUT2D eigenvalue weighted by molar-refractivity contribution is 4.92. The molecular formula is C16H31N3O. The third-order valence-electron chi connectivity index (χ3n) is 4.98. The molecule has 0 aromatic heterocycles. The molecule has 116 valence electrons. The van der Waals surface area contributed by atoms with Crippen molar-refractivity contribution in [1.82, 2.24) is 15.1 Å². The molecule has 1 N–H and O–H groups in total. The summed E-state index contributed by atoms with van der Waals surface area (Å²) in [4.78, 5) is 5.22. The van der Waals surface area contributed by atoms with Crippen LogP contribution >= 0.6 is 0 Å². The molecule has 0 aliphatic carbocycles. The first-order valence-corrected chi connectivity index (χ1v) is 8.50. The zero-order valence-corrected chi connectivity index (χ0v) is 13.2. The predicted octanol–water partition coefficient (Wildman–Crippen LogP) is 1.03. The van der Waals surface area contributed by atoms with E-state index >= 15 is 0 Å². The molecule has 3 heterocycles. The van der Waals surface area contributed by atoms with E-state index in [1.54, 1.807) is 0 Å². The molecule has 3 aliphatic heterocycles. The van der Waals surface area contributed by atoms with E-state index in [2.05, 4.69) is 29.0 Å². The normalized spacial score (nSPS) is 36.5. The maximum Gasteiger partial charge on any atom is 0.0829 e. The molecule has 3 fully saturated rings. The second-order valence-corrected chi connectivity index (χ2v) is 7.33. The van der Waals surface area contributed by atoms with Crippen molar-refractivity contribution in [2.24, 2.45) is 11.8 Å². The van der Waals surface area contributed by atoms with Crippen LogP contribution in [0.25, 0.3) is 0 Å². The fraction of sp³-hybridized carbons (Fsp3) is 1.00. The quantitative estimate of drug-likeness (QED) is 0.833. The number of rotatable bonds is 4. The Balaban J connectivity index is 1.45. The van der Waals surface area contributed by atoms with Crippen molar-refractivity contribution >= 4 is 0 Å². The van der Waals surface area contributed by atoms with Gasteiger partial charge < -0.3 is 10.1 Å². The Hall–Kier alpha value is -0.160. The number of ether oxygens (including phenoxy) is 1. The molecule has 0 aromatic carbocycles. The molecular weight excluding hydrogens is 250 g/mol. The lowest BCUT2D eigenvalue weighted by Gasteiger charge is -2.35. The predicted molar refractivity (Wildman–Crippen MR) is 82.0 cm³/mol. The summed E-state index contributed by atoms with van der Waals surface area (Å²) in [6.07, 6.45) is 3.19. The van der Waals surface area contributed by atoms with Crippen LogP contribution in [0.1, 0.15) is 26.7 Å². The highest BCUT2D eigenvalue weighted by Crippen LogP contribution is 2.25. The van der Waals surface area contributed by atoms with Crippen LogP contribution < -0.4 is 5.32 Å². The standard InChI is InChI=1S/C16H31N3O/c1-13(2)8-18-6-7-20-15(10-18)11-19-9-14-4-3-5-17-16(14)12-19/h13-17H,3-12H2,1-2H3/t14-,15?,16+/m0/s1. The molecule has 0 amide bonds. The van der Waals surface area contributed by atoms with Gasteiger partial charge >= 0.3 is 0 Å². The van der Waals surface area contributed by atoms with Crippen LogP contribution in [0.15, 0.2) is 0 Å². The Bertz CT molecular complexity index is 296. The van der Waals surface area contributed by atoms with E-state index in [9.17, 15) is 0 Å². The molecule has 20 heavy (non-hydrogen) atoms. The summed E-state index contributed by atoms with van der Waals surface area (Å²) in [6, 6.07) is 0.749. The van der Waals surface area contributed by atoms with Crippen LogP contribution in [0.4, 0.5) is 0 Å². The molecule has 3 saturated heterocycles. The van der Waals surface area contributed by atoms with Gasteiger partial charge in [0, 0.05) is 45.3 Å². The van der Waals surface area contributed by atoms with Crippen molar-refractivity contribution in [3.8, 4) is 0 Å². The van der Waals surface area contributed by atoms with Crippen molar-refractivity contribution < 1.29 is 4.74 Å². The fourth-order valence-corrected chi connectivity index (χ4v) is 4.15. The summed E-state index contributed by atoms with van der Waals surface area (Å²) in [5.74, 6) is 1.65. The van der Waals surface area contributed by atoms with Gasteiger partial charge in [0.25, 0.3) is 0 Å². The number of nitrogens with one attached hydrogen (secondary N) is 1. The van der Waals surface area contributed by atoms with E-state index in [0.29, 0.717) is 6.10 Å². The molecule has 0 radical (unpaired) electrons. The van der Waals surface area contributed by atoms with Crippen LogP contribution in [-0.4, -0.2) is 74.4 Å². The maximum absolute atomic E-state index is 6.00. The molecule has 0 saturated carbocycles. The molecule has 0 spiro atoms. The number of morpholine rings is 1. The van der Waals surface area contributed by atoms with Crippen molar-refractivity contribution in [2.45, 2.75) is 38.8 Å². The molecule has 0 bridgehead atoms. The second-order valence-electron chi connectivity index (χ2n) is 7.33. The van der Waals surface area contributed by atoms with Crippen molar-refractivity contribution in [2.75, 3.05) is 52.4 Å². The van der Waals surface area contributed by atoms with Gasteiger partial charge in [-0.2, -0.15) is 0 Å². The summed E-state index contributed by atoms with van der Waals surface area (Å²) >= 11 is 0. The van der Waals surface area contributed by atoms with Crippen molar-refractivity contribution in [1.29, 1.82) is 0 Å². The number of fused-ring (bicyclic) bond motifs is 1. The van der Waals surface area contributed by atoms with Gasteiger partial charge in [0.15, 0.2) is 0 Å². The number of hydrogen-bond acceptors (Lipinski definition) is 4. The van der Waals surface area contributed by atoms with E-state index in [0.717, 1.165) is 44.1 Å². The van der Waals surface area contributed by atoms with E-state index < -0.39 is 0 Å². The van der Waals surface area contributed by atoms with Gasteiger partial charge in [-0.25, -0.2) is 0 Å². The Morgan fingerprint density at radius 3 is 2.90 bits per heavy atom. The summed E-state index contributed by atoms with van der Waals surface area (Å²) in [5, 5.41) is 3.69. The van der Waals surface area contributed by atoms with Gasteiger partial charge in [0.1, 0.15) is 0 Å². The topological polar surface area (TPSA) is 27.7 Å². The summed E-state index contributed by atoms with van der Waals surface area (Å²) in [7, 11) is 0. The molecule has 4 nitrogen and oxygen atoms in total. The van der Waals surface area contributed by atoms with Gasteiger partial charge in [0.2, 0.25) is 0 Å². The highest BCUT2D eigenvalue weighted by atomic mass is 16.5. The largest absolute Gasteiger partial charge is 0.374 e. The molecule has 0 aromatic rings. The minimum atomic E-state index is 0.419. The Kier molecular flexibility index (Phi) is 4.97. The van der Waals surface area contributed by atoms with Gasteiger partial charge in [-0.1, -0.05) is 13.8 Å². The molecule has 4 heteroatoms. The van der Waals surface area contributed by atoms with Crippen LogP contribution in [0.5, 0.6) is 0 Å². The monoisotopic (exact) mass is 281 g/mol. The third-order valence-corrected chi connectivity index (χ3v) is 4.98. The van der Waals surface area contributed by atoms with Crippen LogP contribution in [0.3, 0.4) is 0 Å². The smallest absolute Gasteiger partial charge is 0.0829 e. The van der Waals surface area contributed by atoms with Gasteiger partial charge in [-0.3, -0.25) is 9.80 Å². The average Bonchev–Trinajstić information content (AvgIpc) is 2.80. The lowest BCUT2D eigenvalue weighted by Crippen LogP contribution is -2.48. The zero-order valence-electron chi connectivity index (χ0n) is 13.2. The van der Waals surface area contributed by atoms with E-state index in [-0.39, 0.29) is 0 Å². The number of likely N-dealkylation sites (tertiary alicyclic amines) is 1. The van der Waals surface area contributed by atoms with Crippen molar-refractivity contribution in [3.63, 3.8) is 0 Å². The maximum atomic E-state index is 6.00. The summed E-state index contributed by atoms with van der Waals surface area (Å²) in [6.45, 7) is 13.8. The Morgan fingerprint density at radius 1 is 1.20 bits per heavy atom. The summed E-state index contributed by atoms with van der Waals surface area (Å²) in [5.41, 5.74) is 0. The minimum absolute atomic E-state index is 0.419. The minimum Gasteiger partial charge on any atom is -0.374 e. The lowest BCUT2D eigenvalue weighted by atomic mass is 9.94. The van der Waals surface area contributed by atoms with Crippen molar-refractivity contribution in [3.05, 3.63) is 0 Å². The zero-order chi connectivity index (χ0) is 13.9. The van der Waals surface area contributed by atoms with E-state index in [1.165, 1.54) is 39.0 Å². The Labute approximate surface area is 123 Å². The molecule has 1 unspecified atom stereocenters. The van der Waals surface area contributed by atoms with E-state index in [4.69, 9.17) is 4.74 Å². The van der Waals surface area contributed by atoms with Gasteiger partial charge in [0.05, 0.1) is 12.7 Å². The third kappa shape index (κ3) is 3.73. The molecule has 3 aliphatic rings. The fourth-order valence-electron chi connectivity index (χ4n) is 4.15. The molecule has 3 atom stereocenters. The average molecular weight is 281 g/mol. The van der Waals surface area contributed by atoms with Crippen LogP contribution in [0.2, 0.25) is 0 Å². The van der Waals surface area contributed by atoms with Gasteiger partial charge in [-0.05, 0) is 31.2 Å². The van der Waals surface area contributed by atoms with Crippen LogP contribution in [0, 0.1) is 11.8 Å². The first-order chi connectivity index (χ1) is 9.70.